The van der Waals surface area contributed by atoms with Crippen molar-refractivity contribution < 1.29 is 8.42 Å². The van der Waals surface area contributed by atoms with Crippen molar-refractivity contribution >= 4 is 40.4 Å². The molecule has 1 heterocycles. The van der Waals surface area contributed by atoms with Crippen LogP contribution in [0.25, 0.3) is 0 Å². The summed E-state index contributed by atoms with van der Waals surface area (Å²) in [5.74, 6) is 0. The van der Waals surface area contributed by atoms with Crippen molar-refractivity contribution in [3.8, 4) is 0 Å². The number of hydrazone groups is 1. The van der Waals surface area contributed by atoms with Crippen molar-refractivity contribution in [3.63, 3.8) is 0 Å². The molecule has 0 aliphatic rings. The highest BCUT2D eigenvalue weighted by atomic mass is 32.2. The molecule has 1 aromatic heterocycles. The van der Waals surface area contributed by atoms with Gasteiger partial charge in [-0.2, -0.15) is 18.4 Å². The summed E-state index contributed by atoms with van der Waals surface area (Å²) in [7, 11) is 2.11. The Hall–Kier alpha value is -1.60. The molecule has 0 amide bonds. The highest BCUT2D eigenvalue weighted by Crippen LogP contribution is 2.11. The van der Waals surface area contributed by atoms with Crippen molar-refractivity contribution in [1.82, 2.24) is 4.83 Å². The molecule has 0 aliphatic heterocycles. The fourth-order valence-electron chi connectivity index (χ4n) is 1.56. The largest absolute Gasteiger partial charge is 0.276 e. The van der Waals surface area contributed by atoms with Crippen molar-refractivity contribution in [1.29, 1.82) is 0 Å². The first-order chi connectivity index (χ1) is 9.40. The molecular formula is C13H13BN2O2S2. The molecule has 0 fully saturated rings. The van der Waals surface area contributed by atoms with Gasteiger partial charge in [0.05, 0.1) is 10.6 Å². The number of thiophene rings is 1. The predicted octanol–water partition coefficient (Wildman–Crippen LogP) is 1.55. The summed E-state index contributed by atoms with van der Waals surface area (Å²) in [5.41, 5.74) is 2.12. The molecule has 0 aliphatic carbocycles. The van der Waals surface area contributed by atoms with Crippen LogP contribution in [-0.4, -0.2) is 22.0 Å². The number of nitrogens with zero attached hydrogens (tertiary/aromatic N) is 1. The molecule has 0 spiro atoms. The molecule has 7 heteroatoms. The molecule has 1 N–H and O–H groups in total. The Morgan fingerprint density at radius 1 is 1.25 bits per heavy atom. The maximum absolute atomic E-state index is 12.1. The Morgan fingerprint density at radius 2 is 1.90 bits per heavy atom. The lowest BCUT2D eigenvalue weighted by atomic mass is 9.96. The van der Waals surface area contributed by atoms with E-state index in [4.69, 9.17) is 7.85 Å². The van der Waals surface area contributed by atoms with Crippen LogP contribution in [-0.2, 0) is 10.0 Å². The van der Waals surface area contributed by atoms with Gasteiger partial charge in [0.1, 0.15) is 7.85 Å². The third kappa shape index (κ3) is 3.29. The van der Waals surface area contributed by atoms with Crippen LogP contribution in [0.3, 0.4) is 0 Å². The summed E-state index contributed by atoms with van der Waals surface area (Å²) in [6.45, 7) is 3.60. The van der Waals surface area contributed by atoms with Crippen molar-refractivity contribution in [2.75, 3.05) is 0 Å². The Balaban J connectivity index is 2.21. The average Bonchev–Trinajstić information content (AvgIpc) is 2.83. The summed E-state index contributed by atoms with van der Waals surface area (Å²) < 4.78 is 24.1. The van der Waals surface area contributed by atoms with E-state index in [1.54, 1.807) is 37.3 Å². The molecule has 2 rings (SSSR count). The first kappa shape index (κ1) is 14.8. The van der Waals surface area contributed by atoms with Crippen LogP contribution in [0.15, 0.2) is 45.7 Å². The van der Waals surface area contributed by atoms with Gasteiger partial charge < -0.3 is 0 Å². The van der Waals surface area contributed by atoms with E-state index in [1.165, 1.54) is 11.3 Å². The zero-order chi connectivity index (χ0) is 14.8. The normalized spacial score (nSPS) is 12.4. The van der Waals surface area contributed by atoms with E-state index in [1.807, 2.05) is 12.3 Å². The van der Waals surface area contributed by atoms with Gasteiger partial charge in [0.2, 0.25) is 0 Å². The first-order valence-electron chi connectivity index (χ1n) is 5.86. The minimum Gasteiger partial charge on any atom is -0.200 e. The van der Waals surface area contributed by atoms with E-state index in [0.717, 1.165) is 10.4 Å². The molecule has 102 valence electrons. The summed E-state index contributed by atoms with van der Waals surface area (Å²) in [5, 5.41) is 5.74. The van der Waals surface area contributed by atoms with Crippen LogP contribution in [0.4, 0.5) is 0 Å². The molecule has 0 saturated heterocycles. The highest BCUT2D eigenvalue weighted by molar-refractivity contribution is 7.89. The zero-order valence-corrected chi connectivity index (χ0v) is 12.8. The molecule has 0 saturated carbocycles. The topological polar surface area (TPSA) is 58.5 Å². The van der Waals surface area contributed by atoms with Crippen molar-refractivity contribution in [2.45, 2.75) is 18.7 Å². The van der Waals surface area contributed by atoms with E-state index in [-0.39, 0.29) is 4.90 Å². The molecule has 0 bridgehead atoms. The van der Waals surface area contributed by atoms with E-state index >= 15 is 0 Å². The number of benzene rings is 1. The molecule has 20 heavy (non-hydrogen) atoms. The Bertz CT molecular complexity index is 734. The molecule has 2 aromatic rings. The van der Waals surface area contributed by atoms with Gasteiger partial charge in [0, 0.05) is 4.88 Å². The second-order valence-corrected chi connectivity index (χ2v) is 6.89. The number of rotatable bonds is 4. The smallest absolute Gasteiger partial charge is 0.200 e. The molecule has 0 unspecified atom stereocenters. The molecule has 1 aromatic carbocycles. The fraction of sp³-hybridized carbons (Fsp3) is 0.154. The lowest BCUT2D eigenvalue weighted by Crippen LogP contribution is -2.21. The van der Waals surface area contributed by atoms with Gasteiger partial charge in [0.15, 0.2) is 0 Å². The van der Waals surface area contributed by atoms with Gasteiger partial charge in [-0.3, -0.25) is 0 Å². The van der Waals surface area contributed by atoms with Crippen LogP contribution in [0.5, 0.6) is 0 Å². The van der Waals surface area contributed by atoms with Crippen molar-refractivity contribution in [3.05, 3.63) is 46.2 Å². The maximum atomic E-state index is 12.1. The lowest BCUT2D eigenvalue weighted by Gasteiger charge is -2.05. The summed E-state index contributed by atoms with van der Waals surface area (Å²) in [4.78, 5) is 3.16. The molecule has 2 radical (unpaired) electrons. The average molecular weight is 304 g/mol. The van der Waals surface area contributed by atoms with E-state index in [2.05, 4.69) is 9.93 Å². The minimum atomic E-state index is -3.65. The Labute approximate surface area is 124 Å². The van der Waals surface area contributed by atoms with Crippen LogP contribution < -0.4 is 10.3 Å². The van der Waals surface area contributed by atoms with E-state index in [9.17, 15) is 8.42 Å². The number of aryl methyl sites for hydroxylation is 1. The zero-order valence-electron chi connectivity index (χ0n) is 11.1. The van der Waals surface area contributed by atoms with Crippen LogP contribution in [0.1, 0.15) is 17.4 Å². The maximum Gasteiger partial charge on any atom is 0.276 e. The van der Waals surface area contributed by atoms with Crippen LogP contribution in [0, 0.1) is 6.92 Å². The van der Waals surface area contributed by atoms with Gasteiger partial charge in [-0.15, -0.1) is 11.3 Å². The van der Waals surface area contributed by atoms with E-state index in [0.29, 0.717) is 11.2 Å². The third-order valence-corrected chi connectivity index (χ3v) is 4.95. The minimum absolute atomic E-state index is 0.179. The first-order valence-corrected chi connectivity index (χ1v) is 8.22. The third-order valence-electron chi connectivity index (χ3n) is 2.69. The van der Waals surface area contributed by atoms with Crippen LogP contribution >= 0.6 is 11.3 Å². The number of sulfonamides is 1. The summed E-state index contributed by atoms with van der Waals surface area (Å²) >= 11 is 1.42. The molecule has 0 atom stereocenters. The standard InChI is InChI=1S/C13H13BN2O2S2/c1-9-3-5-11(6-4-9)20(17,18)16-15-10(2)13-12(14)7-8-19-13/h3-8,16H,1-2H3/b15-10+. The van der Waals surface area contributed by atoms with E-state index < -0.39 is 10.0 Å². The van der Waals surface area contributed by atoms with Gasteiger partial charge in [-0.1, -0.05) is 29.2 Å². The van der Waals surface area contributed by atoms with Gasteiger partial charge in [-0.25, -0.2) is 0 Å². The summed E-state index contributed by atoms with van der Waals surface area (Å²) in [6, 6.07) is 8.32. The SMILES string of the molecule is [B]c1ccsc1/C(C)=N/NS(=O)(=O)c1ccc(C)cc1. The summed E-state index contributed by atoms with van der Waals surface area (Å²) in [6.07, 6.45) is 0. The second kappa shape index (κ2) is 5.81. The highest BCUT2D eigenvalue weighted by Gasteiger charge is 2.13. The molecular weight excluding hydrogens is 291 g/mol. The predicted molar refractivity (Wildman–Crippen MR) is 83.4 cm³/mol. The monoisotopic (exact) mass is 304 g/mol. The molecule has 4 nitrogen and oxygen atoms in total. The number of nitrogens with one attached hydrogen (secondary N) is 1. The Morgan fingerprint density at radius 3 is 2.45 bits per heavy atom. The number of hydrogen-bond donors (Lipinski definition) is 1. The second-order valence-electron chi connectivity index (χ2n) is 4.31. The lowest BCUT2D eigenvalue weighted by molar-refractivity contribution is 0.584. The Kier molecular flexibility index (Phi) is 4.30. The van der Waals surface area contributed by atoms with Gasteiger partial charge in [0.25, 0.3) is 10.0 Å². The van der Waals surface area contributed by atoms with Gasteiger partial charge in [-0.05, 0) is 31.4 Å². The fourth-order valence-corrected chi connectivity index (χ4v) is 3.19. The van der Waals surface area contributed by atoms with Gasteiger partial charge >= 0.3 is 0 Å². The van der Waals surface area contributed by atoms with Crippen LogP contribution in [0.2, 0.25) is 0 Å². The van der Waals surface area contributed by atoms with Crippen molar-refractivity contribution in [2.24, 2.45) is 5.10 Å². The quantitative estimate of drug-likeness (QED) is 0.529. The number of hydrogen-bond acceptors (Lipinski definition) is 4.